The molecule has 0 bridgehead atoms. The number of nitrogens with zero attached hydrogens (tertiary/aromatic N) is 4. The van der Waals surface area contributed by atoms with E-state index in [0.717, 1.165) is 5.56 Å². The Bertz CT molecular complexity index is 899. The summed E-state index contributed by atoms with van der Waals surface area (Å²) in [6.45, 7) is 0.355. The predicted molar refractivity (Wildman–Crippen MR) is 93.4 cm³/mol. The Labute approximate surface area is 153 Å². The summed E-state index contributed by atoms with van der Waals surface area (Å²) in [5.74, 6) is -0.250. The minimum Gasteiger partial charge on any atom is -0.454 e. The molecular weight excluding hydrogens is 365 g/mol. The van der Waals surface area contributed by atoms with Crippen LogP contribution in [0.1, 0.15) is 21.7 Å². The number of hydrogen-bond donors (Lipinski definition) is 1. The molecule has 25 heavy (non-hydrogen) atoms. The molecule has 1 heterocycles. The molecule has 3 rings (SSSR count). The van der Waals surface area contributed by atoms with E-state index in [9.17, 15) is 4.79 Å². The number of rotatable bonds is 5. The monoisotopic (exact) mass is 377 g/mol. The van der Waals surface area contributed by atoms with Crippen LogP contribution >= 0.6 is 23.2 Å². The minimum atomic E-state index is -0.656. The number of aromatic nitrogens is 4. The summed E-state index contributed by atoms with van der Waals surface area (Å²) >= 11 is 11.8. The lowest BCUT2D eigenvalue weighted by Crippen LogP contribution is -2.13. The van der Waals surface area contributed by atoms with Gasteiger partial charge in [-0.2, -0.15) is 0 Å². The average molecular weight is 378 g/mol. The second kappa shape index (κ2) is 7.50. The smallest absolute Gasteiger partial charge is 0.340 e. The first-order valence-electron chi connectivity index (χ1n) is 7.25. The molecule has 0 fully saturated rings. The van der Waals surface area contributed by atoms with Crippen LogP contribution < -0.4 is 5.73 Å². The fourth-order valence-electron chi connectivity index (χ4n) is 2.17. The molecule has 0 aliphatic rings. The maximum Gasteiger partial charge on any atom is 0.340 e. The van der Waals surface area contributed by atoms with Gasteiger partial charge >= 0.3 is 5.97 Å². The van der Waals surface area contributed by atoms with Gasteiger partial charge in [0.05, 0.1) is 22.8 Å². The normalized spacial score (nSPS) is 10.6. The lowest BCUT2D eigenvalue weighted by Gasteiger charge is -2.09. The molecule has 0 saturated heterocycles. The lowest BCUT2D eigenvalue weighted by molar-refractivity contribution is 0.0458. The van der Waals surface area contributed by atoms with Crippen LogP contribution in [0.5, 0.6) is 0 Å². The highest BCUT2D eigenvalue weighted by molar-refractivity contribution is 6.37. The number of anilines is 1. The molecule has 2 aromatic carbocycles. The summed E-state index contributed by atoms with van der Waals surface area (Å²) in [4.78, 5) is 12.2. The molecule has 0 amide bonds. The highest BCUT2D eigenvalue weighted by Gasteiger charge is 2.17. The van der Waals surface area contributed by atoms with E-state index in [0.29, 0.717) is 17.4 Å². The fourth-order valence-corrected chi connectivity index (χ4v) is 2.66. The third kappa shape index (κ3) is 4.07. The Morgan fingerprint density at radius 1 is 1.20 bits per heavy atom. The van der Waals surface area contributed by atoms with Gasteiger partial charge < -0.3 is 10.5 Å². The quantitative estimate of drug-likeness (QED) is 0.542. The lowest BCUT2D eigenvalue weighted by atomic mass is 10.2. The molecule has 1 aromatic heterocycles. The molecule has 128 valence electrons. The number of ether oxygens (including phenoxy) is 1. The molecule has 0 atom stereocenters. The third-order valence-electron chi connectivity index (χ3n) is 3.43. The second-order valence-corrected chi connectivity index (χ2v) is 6.01. The maximum atomic E-state index is 12.2. The number of esters is 1. The largest absolute Gasteiger partial charge is 0.454 e. The van der Waals surface area contributed by atoms with Crippen LogP contribution in [0.25, 0.3) is 0 Å². The molecule has 0 saturated carbocycles. The highest BCUT2D eigenvalue weighted by Crippen LogP contribution is 2.28. The van der Waals surface area contributed by atoms with E-state index in [-0.39, 0.29) is 22.9 Å². The molecule has 2 N–H and O–H groups in total. The first-order chi connectivity index (χ1) is 12.0. The van der Waals surface area contributed by atoms with Gasteiger partial charge in [-0.25, -0.2) is 9.48 Å². The standard InChI is InChI=1S/C16H13Cl2N5O2/c17-11-6-12(15(19)13(18)7-11)16(24)25-9-14-20-21-22-23(14)8-10-4-2-1-3-5-10/h1-7H,8-9,19H2. The topological polar surface area (TPSA) is 95.9 Å². The summed E-state index contributed by atoms with van der Waals surface area (Å²) in [5, 5.41) is 11.9. The van der Waals surface area contributed by atoms with Crippen molar-refractivity contribution >= 4 is 34.9 Å². The van der Waals surface area contributed by atoms with Crippen molar-refractivity contribution in [3.8, 4) is 0 Å². The number of tetrazole rings is 1. The number of carbonyl (C=O) groups is 1. The van der Waals surface area contributed by atoms with Crippen molar-refractivity contribution in [2.45, 2.75) is 13.2 Å². The summed E-state index contributed by atoms with van der Waals surface area (Å²) in [6.07, 6.45) is 0. The van der Waals surface area contributed by atoms with Crippen molar-refractivity contribution in [2.24, 2.45) is 0 Å². The molecule has 9 heteroatoms. The molecule has 0 spiro atoms. The highest BCUT2D eigenvalue weighted by atomic mass is 35.5. The van der Waals surface area contributed by atoms with Gasteiger partial charge in [0.2, 0.25) is 0 Å². The van der Waals surface area contributed by atoms with Crippen LogP contribution in [0, 0.1) is 0 Å². The molecule has 0 radical (unpaired) electrons. The summed E-state index contributed by atoms with van der Waals surface area (Å²) in [6, 6.07) is 12.5. The fraction of sp³-hybridized carbons (Fsp3) is 0.125. The number of hydrogen-bond acceptors (Lipinski definition) is 6. The van der Waals surface area contributed by atoms with Crippen LogP contribution in [0.15, 0.2) is 42.5 Å². The van der Waals surface area contributed by atoms with Crippen molar-refractivity contribution in [3.05, 3.63) is 69.5 Å². The van der Waals surface area contributed by atoms with Crippen molar-refractivity contribution in [1.82, 2.24) is 20.2 Å². The van der Waals surface area contributed by atoms with E-state index in [4.69, 9.17) is 33.7 Å². The van der Waals surface area contributed by atoms with E-state index >= 15 is 0 Å². The summed E-state index contributed by atoms with van der Waals surface area (Å²) in [7, 11) is 0. The average Bonchev–Trinajstić information content (AvgIpc) is 3.04. The first-order valence-corrected chi connectivity index (χ1v) is 8.01. The molecule has 3 aromatic rings. The Balaban J connectivity index is 1.71. The number of halogens is 2. The van der Waals surface area contributed by atoms with Crippen LogP contribution in [-0.2, 0) is 17.9 Å². The van der Waals surface area contributed by atoms with Crippen molar-refractivity contribution in [2.75, 3.05) is 5.73 Å². The van der Waals surface area contributed by atoms with Crippen LogP contribution in [-0.4, -0.2) is 26.2 Å². The summed E-state index contributed by atoms with van der Waals surface area (Å²) in [5.41, 5.74) is 7.03. The Morgan fingerprint density at radius 3 is 2.72 bits per heavy atom. The van der Waals surface area contributed by atoms with E-state index in [2.05, 4.69) is 15.5 Å². The van der Waals surface area contributed by atoms with Gasteiger partial charge in [0.1, 0.15) is 0 Å². The minimum absolute atomic E-state index is 0.0968. The Kier molecular flexibility index (Phi) is 5.16. The van der Waals surface area contributed by atoms with Crippen molar-refractivity contribution in [3.63, 3.8) is 0 Å². The van der Waals surface area contributed by atoms with Crippen LogP contribution in [0.2, 0.25) is 10.0 Å². The Morgan fingerprint density at radius 2 is 1.96 bits per heavy atom. The SMILES string of the molecule is Nc1c(Cl)cc(Cl)cc1C(=O)OCc1nnnn1Cc1ccccc1. The number of nitrogens with two attached hydrogens (primary N) is 1. The van der Waals surface area contributed by atoms with Crippen molar-refractivity contribution < 1.29 is 9.53 Å². The van der Waals surface area contributed by atoms with Crippen LogP contribution in [0.3, 0.4) is 0 Å². The van der Waals surface area contributed by atoms with Gasteiger partial charge in [0.25, 0.3) is 0 Å². The third-order valence-corrected chi connectivity index (χ3v) is 3.96. The molecule has 7 nitrogen and oxygen atoms in total. The number of benzene rings is 2. The zero-order valence-electron chi connectivity index (χ0n) is 12.9. The molecular formula is C16H13Cl2N5O2. The Hall–Kier alpha value is -2.64. The molecule has 0 aliphatic heterocycles. The van der Waals surface area contributed by atoms with Crippen LogP contribution in [0.4, 0.5) is 5.69 Å². The van der Waals surface area contributed by atoms with E-state index in [1.165, 1.54) is 12.1 Å². The van der Waals surface area contributed by atoms with Gasteiger partial charge in [-0.05, 0) is 28.1 Å². The molecule has 0 unspecified atom stereocenters. The van der Waals surface area contributed by atoms with Gasteiger partial charge in [0, 0.05) is 5.02 Å². The van der Waals surface area contributed by atoms with Gasteiger partial charge in [-0.1, -0.05) is 53.5 Å². The van der Waals surface area contributed by atoms with Gasteiger partial charge in [-0.3, -0.25) is 0 Å². The zero-order chi connectivity index (χ0) is 17.8. The maximum absolute atomic E-state index is 12.2. The van der Waals surface area contributed by atoms with Gasteiger partial charge in [-0.15, -0.1) is 5.10 Å². The van der Waals surface area contributed by atoms with Crippen molar-refractivity contribution in [1.29, 1.82) is 0 Å². The number of carbonyl (C=O) groups excluding carboxylic acids is 1. The first kappa shape index (κ1) is 17.2. The van der Waals surface area contributed by atoms with E-state index < -0.39 is 5.97 Å². The van der Waals surface area contributed by atoms with E-state index in [1.54, 1.807) is 4.68 Å². The zero-order valence-corrected chi connectivity index (χ0v) is 14.4. The molecule has 0 aliphatic carbocycles. The van der Waals surface area contributed by atoms with E-state index in [1.807, 2.05) is 30.3 Å². The van der Waals surface area contributed by atoms with Gasteiger partial charge in [0.15, 0.2) is 12.4 Å². The number of nitrogen functional groups attached to an aromatic ring is 1. The predicted octanol–water partition coefficient (Wildman–Crippen LogP) is 2.97. The summed E-state index contributed by atoms with van der Waals surface area (Å²) < 4.78 is 6.79. The second-order valence-electron chi connectivity index (χ2n) is 5.16.